The standard InChI is InChI=1S/C22H27NO.BrH/c1-16-21-14-18-8-9-19(24)15-20(18)22(16,2)11-13-23(21)12-10-17-6-4-3-5-7-17;/h3-9,15-16,21,24H,10-14H2,1-2H3;1H. The zero-order chi connectivity index (χ0) is 16.7. The maximum absolute atomic E-state index is 9.94. The summed E-state index contributed by atoms with van der Waals surface area (Å²) in [7, 11) is 0. The molecule has 4 rings (SSSR count). The van der Waals surface area contributed by atoms with E-state index in [1.807, 2.05) is 12.1 Å². The van der Waals surface area contributed by atoms with Gasteiger partial charge in [0.05, 0.1) is 0 Å². The van der Waals surface area contributed by atoms with E-state index >= 15 is 0 Å². The van der Waals surface area contributed by atoms with Crippen molar-refractivity contribution in [3.8, 4) is 5.75 Å². The van der Waals surface area contributed by atoms with E-state index in [1.165, 1.54) is 23.1 Å². The third kappa shape index (κ3) is 3.24. The van der Waals surface area contributed by atoms with E-state index < -0.39 is 0 Å². The van der Waals surface area contributed by atoms with E-state index in [2.05, 4.69) is 55.1 Å². The quantitative estimate of drug-likeness (QED) is 0.836. The minimum Gasteiger partial charge on any atom is -1.00 e. The smallest absolute Gasteiger partial charge is 1.00 e. The van der Waals surface area contributed by atoms with Crippen LogP contribution in [0.4, 0.5) is 0 Å². The highest BCUT2D eigenvalue weighted by Crippen LogP contribution is 2.49. The number of benzene rings is 2. The van der Waals surface area contributed by atoms with Crippen molar-refractivity contribution in [3.63, 3.8) is 0 Å². The Morgan fingerprint density at radius 3 is 2.72 bits per heavy atom. The predicted molar refractivity (Wildman–Crippen MR) is 99.6 cm³/mol. The summed E-state index contributed by atoms with van der Waals surface area (Å²) in [5.41, 5.74) is 4.44. The molecule has 1 heterocycles. The number of aromatic hydroxyl groups is 1. The van der Waals surface area contributed by atoms with Crippen LogP contribution in [0.1, 0.15) is 38.4 Å². The van der Waals surface area contributed by atoms with Gasteiger partial charge in [0.1, 0.15) is 5.75 Å². The fourth-order valence-electron chi connectivity index (χ4n) is 4.89. The highest BCUT2D eigenvalue weighted by molar-refractivity contribution is 5.44. The predicted octanol–water partition coefficient (Wildman–Crippen LogP) is 1.28. The zero-order valence-corrected chi connectivity index (χ0v) is 16.7. The highest BCUT2D eigenvalue weighted by atomic mass is 79.9. The SMILES string of the molecule is CC1C2Cc3ccc(O)cc3C1(C)CCN2CCc1ccccc1.[Br-].[H+]. The van der Waals surface area contributed by atoms with Crippen LogP contribution in [-0.2, 0) is 18.3 Å². The molecule has 0 radical (unpaired) electrons. The Morgan fingerprint density at radius 1 is 1.20 bits per heavy atom. The molecule has 1 aliphatic carbocycles. The second-order valence-corrected chi connectivity index (χ2v) is 7.84. The molecular weight excluding hydrogens is 374 g/mol. The molecule has 0 amide bonds. The van der Waals surface area contributed by atoms with E-state index in [9.17, 15) is 5.11 Å². The summed E-state index contributed by atoms with van der Waals surface area (Å²) in [6, 6.07) is 17.4. The number of phenols is 1. The number of halogens is 1. The number of hydrogen-bond acceptors (Lipinski definition) is 2. The fraction of sp³-hybridized carbons (Fsp3) is 0.455. The van der Waals surface area contributed by atoms with Gasteiger partial charge in [-0.2, -0.15) is 0 Å². The summed E-state index contributed by atoms with van der Waals surface area (Å²) < 4.78 is 0. The van der Waals surface area contributed by atoms with Gasteiger partial charge >= 0.3 is 1.43 Å². The normalized spacial score (nSPS) is 28.1. The lowest BCUT2D eigenvalue weighted by atomic mass is 9.59. The molecule has 0 spiro atoms. The number of phenolic OH excluding ortho intramolecular Hbond substituents is 1. The Hall–Kier alpha value is -1.32. The van der Waals surface area contributed by atoms with Crippen LogP contribution >= 0.6 is 0 Å². The molecule has 25 heavy (non-hydrogen) atoms. The summed E-state index contributed by atoms with van der Waals surface area (Å²) in [6.07, 6.45) is 3.42. The van der Waals surface area contributed by atoms with Crippen molar-refractivity contribution in [1.82, 2.24) is 4.90 Å². The number of likely N-dealkylation sites (tertiary alicyclic amines) is 1. The van der Waals surface area contributed by atoms with Crippen molar-refractivity contribution in [2.45, 2.75) is 44.6 Å². The highest BCUT2D eigenvalue weighted by Gasteiger charge is 2.48. The van der Waals surface area contributed by atoms with Gasteiger partial charge < -0.3 is 22.1 Å². The zero-order valence-electron chi connectivity index (χ0n) is 16.1. The molecule has 2 bridgehead atoms. The Bertz CT molecular complexity index is 738. The Labute approximate surface area is 163 Å². The topological polar surface area (TPSA) is 23.5 Å². The first-order chi connectivity index (χ1) is 11.6. The van der Waals surface area contributed by atoms with Crippen LogP contribution in [0.3, 0.4) is 0 Å². The maximum atomic E-state index is 9.94. The van der Waals surface area contributed by atoms with Gasteiger partial charge in [-0.3, -0.25) is 4.90 Å². The number of hydrogen-bond donors (Lipinski definition) is 1. The molecule has 2 aliphatic rings. The number of nitrogens with zero attached hydrogens (tertiary/aromatic N) is 1. The molecule has 1 N–H and O–H groups in total. The molecule has 3 heteroatoms. The van der Waals surface area contributed by atoms with Gasteiger partial charge in [-0.05, 0) is 66.0 Å². The van der Waals surface area contributed by atoms with Crippen LogP contribution in [0.25, 0.3) is 0 Å². The van der Waals surface area contributed by atoms with E-state index in [0.29, 0.717) is 17.7 Å². The summed E-state index contributed by atoms with van der Waals surface area (Å²) >= 11 is 0. The maximum Gasteiger partial charge on any atom is 1.00 e. The third-order valence-electron chi connectivity index (χ3n) is 6.64. The Kier molecular flexibility index (Phi) is 5.26. The van der Waals surface area contributed by atoms with Gasteiger partial charge in [0.15, 0.2) is 0 Å². The molecule has 1 saturated heterocycles. The first kappa shape index (κ1) is 18.5. The molecule has 3 atom stereocenters. The minimum atomic E-state index is 0. The number of rotatable bonds is 3. The Morgan fingerprint density at radius 2 is 1.96 bits per heavy atom. The number of fused-ring (bicyclic) bond motifs is 4. The average molecular weight is 402 g/mol. The van der Waals surface area contributed by atoms with Crippen molar-refractivity contribution in [3.05, 3.63) is 65.2 Å². The lowest BCUT2D eigenvalue weighted by molar-refractivity contribution is -0.00000689. The van der Waals surface area contributed by atoms with Crippen LogP contribution in [0.2, 0.25) is 0 Å². The monoisotopic (exact) mass is 401 g/mol. The summed E-state index contributed by atoms with van der Waals surface area (Å²) in [6.45, 7) is 7.11. The van der Waals surface area contributed by atoms with Crippen molar-refractivity contribution in [1.29, 1.82) is 0 Å². The largest absolute Gasteiger partial charge is 1.00 e. The van der Waals surface area contributed by atoms with E-state index in [0.717, 1.165) is 25.9 Å². The molecule has 2 aromatic rings. The van der Waals surface area contributed by atoms with Gasteiger partial charge in [-0.25, -0.2) is 0 Å². The second-order valence-electron chi connectivity index (χ2n) is 7.84. The minimum absolute atomic E-state index is 0. The van der Waals surface area contributed by atoms with Crippen LogP contribution in [0, 0.1) is 5.92 Å². The lowest BCUT2D eigenvalue weighted by Crippen LogP contribution is -3.00. The first-order valence-corrected chi connectivity index (χ1v) is 9.18. The fourth-order valence-corrected chi connectivity index (χ4v) is 4.89. The molecular formula is C22H28BrNO. The van der Waals surface area contributed by atoms with Crippen molar-refractivity contribution < 1.29 is 23.5 Å². The van der Waals surface area contributed by atoms with Crippen molar-refractivity contribution >= 4 is 0 Å². The van der Waals surface area contributed by atoms with Gasteiger partial charge in [0, 0.05) is 12.6 Å². The molecule has 1 aliphatic heterocycles. The molecule has 2 nitrogen and oxygen atoms in total. The summed E-state index contributed by atoms with van der Waals surface area (Å²) in [4.78, 5) is 2.70. The third-order valence-corrected chi connectivity index (χ3v) is 6.64. The van der Waals surface area contributed by atoms with Gasteiger partial charge in [0.2, 0.25) is 0 Å². The molecule has 134 valence electrons. The lowest BCUT2D eigenvalue weighted by Gasteiger charge is -2.54. The summed E-state index contributed by atoms with van der Waals surface area (Å²) in [5, 5.41) is 9.94. The van der Waals surface area contributed by atoms with Crippen molar-refractivity contribution in [2.75, 3.05) is 13.1 Å². The molecule has 1 fully saturated rings. The van der Waals surface area contributed by atoms with E-state index in [1.54, 1.807) is 0 Å². The average Bonchev–Trinajstić information content (AvgIpc) is 2.59. The van der Waals surface area contributed by atoms with Crippen molar-refractivity contribution in [2.24, 2.45) is 5.92 Å². The van der Waals surface area contributed by atoms with Crippen LogP contribution < -0.4 is 17.0 Å². The first-order valence-electron chi connectivity index (χ1n) is 9.18. The molecule has 0 aromatic heterocycles. The Balaban J connectivity index is 0.00000121. The molecule has 0 saturated carbocycles. The van der Waals surface area contributed by atoms with Gasteiger partial charge in [0.25, 0.3) is 0 Å². The van der Waals surface area contributed by atoms with Crippen LogP contribution in [0.15, 0.2) is 48.5 Å². The van der Waals surface area contributed by atoms with Gasteiger partial charge in [-0.15, -0.1) is 0 Å². The molecule has 2 aromatic carbocycles. The van der Waals surface area contributed by atoms with Crippen LogP contribution in [-0.4, -0.2) is 29.1 Å². The summed E-state index contributed by atoms with van der Waals surface area (Å²) in [5.74, 6) is 1.03. The van der Waals surface area contributed by atoms with Crippen LogP contribution in [0.5, 0.6) is 5.75 Å². The second kappa shape index (κ2) is 7.13. The van der Waals surface area contributed by atoms with E-state index in [-0.39, 0.29) is 23.8 Å². The molecule has 3 unspecified atom stereocenters. The number of piperidine rings is 1. The van der Waals surface area contributed by atoms with E-state index in [4.69, 9.17) is 0 Å². The van der Waals surface area contributed by atoms with Gasteiger partial charge in [-0.1, -0.05) is 50.2 Å².